The van der Waals surface area contributed by atoms with Crippen LogP contribution in [-0.4, -0.2) is 137 Å². The van der Waals surface area contributed by atoms with E-state index in [-0.39, 0.29) is 107 Å². The summed E-state index contributed by atoms with van der Waals surface area (Å²) in [5, 5.41) is 36.8. The smallest absolute Gasteiger partial charge is 0.412 e. The first kappa shape index (κ1) is 55.0. The van der Waals surface area contributed by atoms with Crippen molar-refractivity contribution in [3.05, 3.63) is 76.0 Å². The van der Waals surface area contributed by atoms with Crippen LogP contribution in [-0.2, 0) is 9.47 Å². The van der Waals surface area contributed by atoms with Gasteiger partial charge in [-0.2, -0.15) is 0 Å². The summed E-state index contributed by atoms with van der Waals surface area (Å²) in [7, 11) is 5.50. The maximum Gasteiger partial charge on any atom is 0.412 e. The third-order valence-electron chi connectivity index (χ3n) is 11.1. The number of anilines is 2. The molecule has 2 saturated heterocycles. The third kappa shape index (κ3) is 15.3. The van der Waals surface area contributed by atoms with Crippen molar-refractivity contribution in [1.82, 2.24) is 14.8 Å². The number of rotatable bonds is 22. The summed E-state index contributed by atoms with van der Waals surface area (Å²) < 4.78 is 34.6. The number of methoxy groups -OCH3 is 2. The fourth-order valence-corrected chi connectivity index (χ4v) is 9.66. The standard InChI is InChI=1S/C48H64N6O14S2/c1-29-17-32(25-55)52(24-29)43(57)34-18-38(63-8)40(20-36(34)50-45(59)67-27-30(2)69-70-42-14-13-31(23-49-42)54(61)62)65-15-11-10-12-16-66-41-21-37(51-46(60)68-47(3,4)5)35(19-39(41)64-9)44(58)53-28-48(6,7)22-33(53)26-56/h13-14,18-21,23,30,32-33,55-56H,1,10-12,15-17,22,24-28H2,2-9H3,(H,50,59)(H,51,60)/t30-,32+,33+/m1/s1. The van der Waals surface area contributed by atoms with Gasteiger partial charge < -0.3 is 48.4 Å². The third-order valence-corrected chi connectivity index (χ3v) is 13.8. The minimum absolute atomic E-state index is 0.0212. The fourth-order valence-electron chi connectivity index (χ4n) is 7.80. The fraction of sp³-hybridized carbons (Fsp3) is 0.521. The van der Waals surface area contributed by atoms with E-state index in [0.29, 0.717) is 43.7 Å². The van der Waals surface area contributed by atoms with Gasteiger partial charge in [-0.3, -0.25) is 30.3 Å². The quantitative estimate of drug-likeness (QED) is 0.0243. The molecule has 2 aromatic carbocycles. The van der Waals surface area contributed by atoms with Gasteiger partial charge in [0.25, 0.3) is 17.5 Å². The van der Waals surface area contributed by atoms with E-state index in [4.69, 9.17) is 28.4 Å². The average molecular weight is 1010 g/mol. The van der Waals surface area contributed by atoms with Crippen LogP contribution in [0.3, 0.4) is 0 Å². The summed E-state index contributed by atoms with van der Waals surface area (Å²) in [5.41, 5.74) is 0.120. The Balaban J connectivity index is 1.23. The number of aromatic nitrogens is 1. The van der Waals surface area contributed by atoms with Crippen LogP contribution in [0.5, 0.6) is 23.0 Å². The molecule has 382 valence electrons. The molecule has 0 aliphatic carbocycles. The summed E-state index contributed by atoms with van der Waals surface area (Å²) in [6, 6.07) is 7.99. The molecule has 22 heteroatoms. The Hall–Kier alpha value is -5.97. The van der Waals surface area contributed by atoms with Gasteiger partial charge in [-0.05, 0) is 94.2 Å². The molecule has 1 aromatic heterocycles. The predicted molar refractivity (Wildman–Crippen MR) is 265 cm³/mol. The monoisotopic (exact) mass is 1010 g/mol. The zero-order valence-electron chi connectivity index (χ0n) is 40.9. The molecule has 20 nitrogen and oxygen atoms in total. The topological polar surface area (TPSA) is 251 Å². The van der Waals surface area contributed by atoms with Gasteiger partial charge in [-0.15, -0.1) is 0 Å². The molecule has 2 aliphatic heterocycles. The molecule has 3 aromatic rings. The van der Waals surface area contributed by atoms with Gasteiger partial charge in [-0.1, -0.05) is 36.8 Å². The first-order chi connectivity index (χ1) is 33.1. The van der Waals surface area contributed by atoms with Gasteiger partial charge in [0.1, 0.15) is 23.4 Å². The van der Waals surface area contributed by atoms with Crippen LogP contribution in [0.4, 0.5) is 26.7 Å². The van der Waals surface area contributed by atoms with Crippen LogP contribution in [0.1, 0.15) is 94.4 Å². The molecule has 0 saturated carbocycles. The van der Waals surface area contributed by atoms with E-state index in [1.807, 2.05) is 20.8 Å². The molecular formula is C48H64N6O14S2. The number of aliphatic hydroxyl groups is 2. The Morgan fingerprint density at radius 1 is 0.886 bits per heavy atom. The van der Waals surface area contributed by atoms with Crippen LogP contribution < -0.4 is 29.6 Å². The number of amides is 4. The first-order valence-electron chi connectivity index (χ1n) is 22.7. The number of hydrogen-bond acceptors (Lipinski definition) is 17. The summed E-state index contributed by atoms with van der Waals surface area (Å²) in [6.07, 6.45) is 2.38. The van der Waals surface area contributed by atoms with Crippen LogP contribution in [0.2, 0.25) is 0 Å². The predicted octanol–water partition coefficient (Wildman–Crippen LogP) is 8.36. The SMILES string of the molecule is C=C1C[C@@H](CO)N(C(=O)c2cc(OC)c(OCCCCCOc3cc(NC(=O)OC(C)(C)C)c(C(=O)N4CC(C)(C)C[C@H]4CO)cc3OC)cc2NC(=O)OC[C@@H](C)SSc2ccc([N+](=O)[O-])cn2)C1. The number of pyridine rings is 1. The van der Waals surface area contributed by atoms with E-state index in [9.17, 15) is 39.5 Å². The summed E-state index contributed by atoms with van der Waals surface area (Å²) in [5.74, 6) is 0.190. The van der Waals surface area contributed by atoms with Crippen LogP contribution in [0.25, 0.3) is 0 Å². The largest absolute Gasteiger partial charge is 0.493 e. The first-order valence-corrected chi connectivity index (χ1v) is 24.9. The van der Waals surface area contributed by atoms with Crippen LogP contribution in [0, 0.1) is 15.5 Å². The highest BCUT2D eigenvalue weighted by atomic mass is 33.1. The molecule has 0 radical (unpaired) electrons. The molecule has 0 bridgehead atoms. The maximum atomic E-state index is 14.0. The van der Waals surface area contributed by atoms with Gasteiger partial charge in [0, 0.05) is 36.5 Å². The number of carbonyl (C=O) groups excluding carboxylic acids is 4. The normalized spacial score (nSPS) is 16.9. The number of unbranched alkanes of at least 4 members (excludes halogenated alkanes) is 2. The molecule has 0 spiro atoms. The summed E-state index contributed by atoms with van der Waals surface area (Å²) in [6.45, 7) is 15.6. The molecule has 4 amide bonds. The van der Waals surface area contributed by atoms with Crippen molar-refractivity contribution in [2.75, 3.05) is 71.0 Å². The molecule has 5 rings (SSSR count). The Morgan fingerprint density at radius 3 is 1.97 bits per heavy atom. The zero-order chi connectivity index (χ0) is 51.3. The van der Waals surface area contributed by atoms with E-state index in [0.717, 1.165) is 5.57 Å². The van der Waals surface area contributed by atoms with Crippen molar-refractivity contribution >= 4 is 62.7 Å². The van der Waals surface area contributed by atoms with Crippen molar-refractivity contribution in [3.63, 3.8) is 0 Å². The molecule has 4 N–H and O–H groups in total. The molecule has 3 heterocycles. The molecule has 0 unspecified atom stereocenters. The number of likely N-dealkylation sites (tertiary alicyclic amines) is 2. The van der Waals surface area contributed by atoms with Crippen molar-refractivity contribution in [1.29, 1.82) is 0 Å². The van der Waals surface area contributed by atoms with Gasteiger partial charge in [-0.25, -0.2) is 14.6 Å². The Morgan fingerprint density at radius 2 is 1.46 bits per heavy atom. The number of nitrogens with one attached hydrogen (secondary N) is 2. The van der Waals surface area contributed by atoms with E-state index >= 15 is 0 Å². The van der Waals surface area contributed by atoms with E-state index in [1.165, 1.54) is 83.3 Å². The van der Waals surface area contributed by atoms with E-state index in [2.05, 4.69) is 22.2 Å². The van der Waals surface area contributed by atoms with Crippen molar-refractivity contribution in [3.8, 4) is 23.0 Å². The number of benzene rings is 2. The lowest BCUT2D eigenvalue weighted by Gasteiger charge is -2.26. The van der Waals surface area contributed by atoms with Gasteiger partial charge in [0.15, 0.2) is 23.0 Å². The Labute approximate surface area is 415 Å². The minimum Gasteiger partial charge on any atom is -0.493 e. The molecule has 2 aliphatic rings. The van der Waals surface area contributed by atoms with Gasteiger partial charge >= 0.3 is 12.2 Å². The van der Waals surface area contributed by atoms with E-state index < -0.39 is 40.7 Å². The van der Waals surface area contributed by atoms with E-state index in [1.54, 1.807) is 25.7 Å². The van der Waals surface area contributed by atoms with Crippen molar-refractivity contribution in [2.24, 2.45) is 5.41 Å². The van der Waals surface area contributed by atoms with Gasteiger partial charge in [0.05, 0.1) is 80.2 Å². The van der Waals surface area contributed by atoms with Crippen molar-refractivity contribution in [2.45, 2.75) is 102 Å². The summed E-state index contributed by atoms with van der Waals surface area (Å²) >= 11 is 0. The number of carbonyl (C=O) groups is 4. The van der Waals surface area contributed by atoms with Gasteiger partial charge in [0.2, 0.25) is 0 Å². The number of hydrogen-bond donors (Lipinski definition) is 4. The highest BCUT2D eigenvalue weighted by Crippen LogP contribution is 2.40. The second-order valence-corrected chi connectivity index (χ2v) is 21.3. The highest BCUT2D eigenvalue weighted by molar-refractivity contribution is 8.76. The number of aliphatic hydroxyl groups excluding tert-OH is 2. The lowest BCUT2D eigenvalue weighted by molar-refractivity contribution is -0.385. The second-order valence-electron chi connectivity index (χ2n) is 18.7. The Bertz CT molecular complexity index is 2360. The van der Waals surface area contributed by atoms with Crippen LogP contribution >= 0.6 is 21.6 Å². The molecule has 3 atom stereocenters. The molecular weight excluding hydrogens is 949 g/mol. The maximum absolute atomic E-state index is 14.0. The van der Waals surface area contributed by atoms with Crippen LogP contribution in [0.15, 0.2) is 59.8 Å². The second kappa shape index (κ2) is 24.7. The summed E-state index contributed by atoms with van der Waals surface area (Å²) in [4.78, 5) is 71.9. The number of nitrogens with zero attached hydrogens (tertiary/aromatic N) is 4. The Kier molecular flexibility index (Phi) is 19.4. The zero-order valence-corrected chi connectivity index (χ0v) is 42.5. The van der Waals surface area contributed by atoms with Crippen molar-refractivity contribution < 1.29 is 62.7 Å². The molecule has 2 fully saturated rings. The lowest BCUT2D eigenvalue weighted by Crippen LogP contribution is -2.38. The highest BCUT2D eigenvalue weighted by Gasteiger charge is 2.41. The molecule has 70 heavy (non-hydrogen) atoms. The number of nitro groups is 1. The average Bonchev–Trinajstić information content (AvgIpc) is 3.86. The number of ether oxygens (including phenoxy) is 6. The lowest BCUT2D eigenvalue weighted by atomic mass is 9.91. The minimum atomic E-state index is -0.836.